The first-order chi connectivity index (χ1) is 11.0. The minimum Gasteiger partial charge on any atom is -0.495 e. The van der Waals surface area contributed by atoms with E-state index in [1.54, 1.807) is 54.7 Å². The number of sulfonamides is 1. The van der Waals surface area contributed by atoms with Crippen molar-refractivity contribution in [2.24, 2.45) is 0 Å². The number of aryl methyl sites for hydroxylation is 1. The first-order valence-electron chi connectivity index (χ1n) is 7.03. The van der Waals surface area contributed by atoms with Crippen molar-refractivity contribution in [1.29, 1.82) is 0 Å². The van der Waals surface area contributed by atoms with Gasteiger partial charge in [-0.05, 0) is 42.8 Å². The highest BCUT2D eigenvalue weighted by molar-refractivity contribution is 7.93. The van der Waals surface area contributed by atoms with Gasteiger partial charge in [0.25, 0.3) is 10.0 Å². The summed E-state index contributed by atoms with van der Waals surface area (Å²) in [4.78, 5) is 4.47. The fourth-order valence-corrected chi connectivity index (χ4v) is 3.72. The molecule has 0 saturated heterocycles. The van der Waals surface area contributed by atoms with Gasteiger partial charge in [0.15, 0.2) is 0 Å². The molecule has 6 heteroatoms. The minimum absolute atomic E-state index is 0.192. The molecule has 0 aliphatic carbocycles. The highest BCUT2D eigenvalue weighted by Gasteiger charge is 2.20. The van der Waals surface area contributed by atoms with Crippen molar-refractivity contribution in [3.63, 3.8) is 0 Å². The Hall–Kier alpha value is -2.60. The maximum absolute atomic E-state index is 12.8. The van der Waals surface area contributed by atoms with E-state index >= 15 is 0 Å². The van der Waals surface area contributed by atoms with Crippen LogP contribution in [0.4, 0.5) is 5.69 Å². The predicted molar refractivity (Wildman–Crippen MR) is 90.3 cm³/mol. The summed E-state index contributed by atoms with van der Waals surface area (Å²) in [5.41, 5.74) is 2.00. The molecule has 0 radical (unpaired) electrons. The van der Waals surface area contributed by atoms with E-state index in [0.29, 0.717) is 22.3 Å². The molecule has 0 saturated carbocycles. The van der Waals surface area contributed by atoms with Crippen LogP contribution in [-0.4, -0.2) is 20.5 Å². The Bertz CT molecular complexity index is 968. The second-order valence-electron chi connectivity index (χ2n) is 5.09. The molecular weight excluding hydrogens is 312 g/mol. The normalized spacial score (nSPS) is 11.4. The summed E-state index contributed by atoms with van der Waals surface area (Å²) < 4.78 is 33.4. The van der Waals surface area contributed by atoms with Gasteiger partial charge in [-0.15, -0.1) is 0 Å². The molecule has 118 valence electrons. The van der Waals surface area contributed by atoms with Crippen LogP contribution in [0.5, 0.6) is 5.75 Å². The number of pyridine rings is 1. The number of para-hydroxylation sites is 2. The summed E-state index contributed by atoms with van der Waals surface area (Å²) in [5, 5.41) is 0.592. The lowest BCUT2D eigenvalue weighted by Gasteiger charge is -2.13. The van der Waals surface area contributed by atoms with Crippen LogP contribution in [0.3, 0.4) is 0 Å². The zero-order chi connectivity index (χ0) is 16.4. The highest BCUT2D eigenvalue weighted by Crippen LogP contribution is 2.29. The Morgan fingerprint density at radius 3 is 2.61 bits per heavy atom. The molecule has 23 heavy (non-hydrogen) atoms. The van der Waals surface area contributed by atoms with Crippen molar-refractivity contribution in [3.8, 4) is 5.75 Å². The average molecular weight is 328 g/mol. The van der Waals surface area contributed by atoms with Gasteiger partial charge in [0.1, 0.15) is 5.75 Å². The highest BCUT2D eigenvalue weighted by atomic mass is 32.2. The second kappa shape index (κ2) is 5.89. The van der Waals surface area contributed by atoms with Crippen LogP contribution in [0.25, 0.3) is 10.9 Å². The molecule has 5 nitrogen and oxygen atoms in total. The largest absolute Gasteiger partial charge is 0.495 e. The monoisotopic (exact) mass is 328 g/mol. The van der Waals surface area contributed by atoms with E-state index in [1.807, 2.05) is 6.92 Å². The fourth-order valence-electron chi connectivity index (χ4n) is 2.45. The molecule has 0 amide bonds. The van der Waals surface area contributed by atoms with E-state index in [4.69, 9.17) is 4.74 Å². The molecule has 2 aromatic carbocycles. The van der Waals surface area contributed by atoms with Crippen LogP contribution < -0.4 is 9.46 Å². The van der Waals surface area contributed by atoms with Gasteiger partial charge in [-0.2, -0.15) is 0 Å². The van der Waals surface area contributed by atoms with Crippen molar-refractivity contribution in [1.82, 2.24) is 4.98 Å². The van der Waals surface area contributed by atoms with Crippen molar-refractivity contribution in [2.75, 3.05) is 11.8 Å². The number of anilines is 1. The molecule has 1 aromatic heterocycles. The number of ether oxygens (including phenoxy) is 1. The molecule has 0 fully saturated rings. The van der Waals surface area contributed by atoms with Crippen molar-refractivity contribution < 1.29 is 13.2 Å². The topological polar surface area (TPSA) is 68.3 Å². The molecule has 0 atom stereocenters. The molecule has 3 aromatic rings. The number of nitrogens with one attached hydrogen (secondary N) is 1. The van der Waals surface area contributed by atoms with Gasteiger partial charge in [-0.3, -0.25) is 9.71 Å². The first-order valence-corrected chi connectivity index (χ1v) is 8.51. The van der Waals surface area contributed by atoms with E-state index in [2.05, 4.69) is 9.71 Å². The Balaban J connectivity index is 2.12. The number of rotatable bonds is 4. The third-order valence-electron chi connectivity index (χ3n) is 3.57. The number of methoxy groups -OCH3 is 1. The molecule has 3 rings (SSSR count). The third-order valence-corrected chi connectivity index (χ3v) is 5.00. The fraction of sp³-hybridized carbons (Fsp3) is 0.118. The predicted octanol–water partition coefficient (Wildman–Crippen LogP) is 3.35. The van der Waals surface area contributed by atoms with Crippen LogP contribution in [0.15, 0.2) is 59.6 Å². The van der Waals surface area contributed by atoms with Gasteiger partial charge in [-0.25, -0.2) is 8.42 Å². The summed E-state index contributed by atoms with van der Waals surface area (Å²) in [7, 11) is -2.26. The van der Waals surface area contributed by atoms with Gasteiger partial charge in [-0.1, -0.05) is 18.2 Å². The maximum Gasteiger partial charge on any atom is 0.262 e. The van der Waals surface area contributed by atoms with Gasteiger partial charge < -0.3 is 4.74 Å². The quantitative estimate of drug-likeness (QED) is 0.797. The SMILES string of the molecule is COc1ccccc1NS(=O)(=O)c1ccc(C)c2ncccc12. The number of aromatic nitrogens is 1. The minimum atomic E-state index is -3.76. The molecule has 0 aliphatic heterocycles. The van der Waals surface area contributed by atoms with Crippen LogP contribution in [-0.2, 0) is 10.0 Å². The van der Waals surface area contributed by atoms with Crippen LogP contribution in [0, 0.1) is 6.92 Å². The Kier molecular flexibility index (Phi) is 3.92. The lowest BCUT2D eigenvalue weighted by atomic mass is 10.1. The van der Waals surface area contributed by atoms with E-state index in [1.165, 1.54) is 7.11 Å². The van der Waals surface area contributed by atoms with Crippen LogP contribution in [0.2, 0.25) is 0 Å². The summed E-state index contributed by atoms with van der Waals surface area (Å²) >= 11 is 0. The molecule has 0 unspecified atom stereocenters. The van der Waals surface area contributed by atoms with Crippen molar-refractivity contribution in [3.05, 3.63) is 60.3 Å². The zero-order valence-corrected chi connectivity index (χ0v) is 13.6. The van der Waals surface area contributed by atoms with Crippen LogP contribution in [0.1, 0.15) is 5.56 Å². The lowest BCUT2D eigenvalue weighted by molar-refractivity contribution is 0.417. The summed E-state index contributed by atoms with van der Waals surface area (Å²) in [6.07, 6.45) is 1.65. The number of fused-ring (bicyclic) bond motifs is 1. The molecular formula is C17H16N2O3S. The molecule has 0 bridgehead atoms. The summed E-state index contributed by atoms with van der Waals surface area (Å²) in [5.74, 6) is 0.464. The van der Waals surface area contributed by atoms with Crippen LogP contribution >= 0.6 is 0 Å². The smallest absolute Gasteiger partial charge is 0.262 e. The van der Waals surface area contributed by atoms with E-state index in [0.717, 1.165) is 5.56 Å². The number of nitrogens with zero attached hydrogens (tertiary/aromatic N) is 1. The van der Waals surface area contributed by atoms with E-state index < -0.39 is 10.0 Å². The van der Waals surface area contributed by atoms with Gasteiger partial charge >= 0.3 is 0 Å². The zero-order valence-electron chi connectivity index (χ0n) is 12.8. The lowest BCUT2D eigenvalue weighted by Crippen LogP contribution is -2.14. The van der Waals surface area contributed by atoms with E-state index in [9.17, 15) is 8.42 Å². The van der Waals surface area contributed by atoms with Gasteiger partial charge in [0.2, 0.25) is 0 Å². The first kappa shape index (κ1) is 15.3. The molecule has 0 spiro atoms. The summed E-state index contributed by atoms with van der Waals surface area (Å²) in [6.45, 7) is 1.90. The van der Waals surface area contributed by atoms with Gasteiger partial charge in [0, 0.05) is 11.6 Å². The van der Waals surface area contributed by atoms with Gasteiger partial charge in [0.05, 0.1) is 23.2 Å². The molecule has 0 aliphatic rings. The Morgan fingerprint density at radius 2 is 1.83 bits per heavy atom. The number of hydrogen-bond donors (Lipinski definition) is 1. The number of hydrogen-bond acceptors (Lipinski definition) is 4. The van der Waals surface area contributed by atoms with Crippen molar-refractivity contribution >= 4 is 26.6 Å². The van der Waals surface area contributed by atoms with Crippen molar-refractivity contribution in [2.45, 2.75) is 11.8 Å². The van der Waals surface area contributed by atoms with E-state index in [-0.39, 0.29) is 4.90 Å². The molecule has 1 heterocycles. The Labute approximate surface area is 135 Å². The summed E-state index contributed by atoms with van der Waals surface area (Å²) in [6, 6.07) is 13.7. The standard InChI is InChI=1S/C17H16N2O3S/c1-12-9-10-16(13-6-5-11-18-17(12)13)23(20,21)19-14-7-3-4-8-15(14)22-2/h3-11,19H,1-2H3. The Morgan fingerprint density at radius 1 is 1.04 bits per heavy atom. The third kappa shape index (κ3) is 2.85. The second-order valence-corrected chi connectivity index (χ2v) is 6.74. The number of benzene rings is 2. The molecule has 1 N–H and O–H groups in total. The average Bonchev–Trinajstić information content (AvgIpc) is 2.55. The maximum atomic E-state index is 12.8.